The van der Waals surface area contributed by atoms with Crippen LogP contribution in [0.5, 0.6) is 0 Å². The van der Waals surface area contributed by atoms with Crippen molar-refractivity contribution >= 4 is 0 Å². The monoisotopic (exact) mass is 309 g/mol. The summed E-state index contributed by atoms with van der Waals surface area (Å²) in [6.45, 7) is 2.87. The van der Waals surface area contributed by atoms with Crippen LogP contribution in [0.2, 0.25) is 0 Å². The molecule has 10 unspecified atom stereocenters. The van der Waals surface area contributed by atoms with Crippen LogP contribution in [0.3, 0.4) is 0 Å². The van der Waals surface area contributed by atoms with Crippen LogP contribution >= 0.6 is 0 Å². The summed E-state index contributed by atoms with van der Waals surface area (Å²) in [6, 6.07) is 0.739. The minimum absolute atomic E-state index is 0.104. The van der Waals surface area contributed by atoms with Gasteiger partial charge in [-0.1, -0.05) is 12.8 Å². The Balaban J connectivity index is 1.49. The molecular weight excluding hydrogens is 282 g/mol. The average molecular weight is 309 g/mol. The number of rotatable bonds is 1. The minimum atomic E-state index is -0.344. The Kier molecular flexibility index (Phi) is 3.32. The van der Waals surface area contributed by atoms with Gasteiger partial charge in [0.05, 0.1) is 31.3 Å². The predicted molar refractivity (Wildman–Crippen MR) is 76.1 cm³/mol. The number of ether oxygens (including phenoxy) is 3. The third-order valence-electron chi connectivity index (χ3n) is 7.41. The second-order valence-corrected chi connectivity index (χ2v) is 8.16. The largest absolute Gasteiger partial charge is 0.852 e. The molecule has 3 aliphatic heterocycles. The van der Waals surface area contributed by atoms with E-state index >= 15 is 0 Å². The maximum atomic E-state index is 12.3. The zero-order valence-electron chi connectivity index (χ0n) is 13.3. The topological polar surface area (TPSA) is 55.2 Å². The molecule has 3 heterocycles. The Morgan fingerprint density at radius 2 is 2.00 bits per heavy atom. The molecule has 0 spiro atoms. The van der Waals surface area contributed by atoms with E-state index in [1.807, 2.05) is 7.11 Å². The zero-order valence-corrected chi connectivity index (χ0v) is 13.3. The van der Waals surface area contributed by atoms with Gasteiger partial charge >= 0.3 is 0 Å². The summed E-state index contributed by atoms with van der Waals surface area (Å²) in [5.41, 5.74) is 0. The lowest BCUT2D eigenvalue weighted by Crippen LogP contribution is -3.17. The first kappa shape index (κ1) is 14.2. The summed E-state index contributed by atoms with van der Waals surface area (Å²) >= 11 is 0. The number of quaternary nitrogens is 1. The van der Waals surface area contributed by atoms with Crippen molar-refractivity contribution in [3.63, 3.8) is 0 Å². The SMILES string of the molecule is COC1C2C[NH+]3CCC4CC([O-])CC(C2CC2OCOC21)C43. The second kappa shape index (κ2) is 5.15. The van der Waals surface area contributed by atoms with E-state index in [1.54, 1.807) is 4.90 Å². The summed E-state index contributed by atoms with van der Waals surface area (Å²) < 4.78 is 17.5. The van der Waals surface area contributed by atoms with Gasteiger partial charge < -0.3 is 24.2 Å². The molecule has 2 saturated carbocycles. The predicted octanol–water partition coefficient (Wildman–Crippen LogP) is -1.20. The smallest absolute Gasteiger partial charge is 0.147 e. The minimum Gasteiger partial charge on any atom is -0.852 e. The van der Waals surface area contributed by atoms with Gasteiger partial charge in [0, 0.05) is 31.3 Å². The molecule has 0 aromatic heterocycles. The first-order valence-electron chi connectivity index (χ1n) is 9.02. The van der Waals surface area contributed by atoms with Gasteiger partial charge in [-0.15, -0.1) is 6.10 Å². The molecular formula is C17H27NO4. The Labute approximate surface area is 131 Å². The van der Waals surface area contributed by atoms with E-state index in [0.717, 1.165) is 25.3 Å². The highest BCUT2D eigenvalue weighted by Crippen LogP contribution is 2.48. The summed E-state index contributed by atoms with van der Waals surface area (Å²) in [4.78, 5) is 1.75. The molecule has 0 aromatic rings. The lowest BCUT2D eigenvalue weighted by molar-refractivity contribution is -0.931. The molecule has 0 bridgehead atoms. The third-order valence-corrected chi connectivity index (χ3v) is 7.41. The van der Waals surface area contributed by atoms with E-state index in [1.165, 1.54) is 19.5 Å². The molecule has 0 amide bonds. The number of hydrogen-bond acceptors (Lipinski definition) is 4. The van der Waals surface area contributed by atoms with Gasteiger partial charge in [-0.25, -0.2) is 0 Å². The molecule has 5 aliphatic rings. The van der Waals surface area contributed by atoms with Crippen molar-refractivity contribution in [2.24, 2.45) is 23.7 Å². The molecule has 124 valence electrons. The quantitative estimate of drug-likeness (QED) is 0.661. The second-order valence-electron chi connectivity index (χ2n) is 8.16. The molecule has 5 nitrogen and oxygen atoms in total. The van der Waals surface area contributed by atoms with E-state index in [2.05, 4.69) is 0 Å². The Morgan fingerprint density at radius 1 is 1.09 bits per heavy atom. The van der Waals surface area contributed by atoms with Gasteiger partial charge in [0.15, 0.2) is 0 Å². The molecule has 22 heavy (non-hydrogen) atoms. The zero-order chi connectivity index (χ0) is 14.8. The van der Waals surface area contributed by atoms with Crippen LogP contribution in [0.4, 0.5) is 0 Å². The normalized spacial score (nSPS) is 59.7. The van der Waals surface area contributed by atoms with Crippen LogP contribution in [-0.2, 0) is 14.2 Å². The van der Waals surface area contributed by atoms with E-state index in [4.69, 9.17) is 14.2 Å². The number of methoxy groups -OCH3 is 1. The highest BCUT2D eigenvalue weighted by Gasteiger charge is 2.60. The van der Waals surface area contributed by atoms with Crippen LogP contribution in [0, 0.1) is 23.7 Å². The summed E-state index contributed by atoms with van der Waals surface area (Å²) in [7, 11) is 1.82. The Morgan fingerprint density at radius 3 is 2.86 bits per heavy atom. The molecule has 0 aromatic carbocycles. The van der Waals surface area contributed by atoms with Crippen LogP contribution in [0.1, 0.15) is 25.7 Å². The van der Waals surface area contributed by atoms with Gasteiger partial charge in [0.1, 0.15) is 12.9 Å². The van der Waals surface area contributed by atoms with Gasteiger partial charge in [-0.3, -0.25) is 0 Å². The molecule has 5 fully saturated rings. The summed E-state index contributed by atoms with van der Waals surface area (Å²) in [5, 5.41) is 12.3. The van der Waals surface area contributed by atoms with Gasteiger partial charge in [0.25, 0.3) is 0 Å². The lowest BCUT2D eigenvalue weighted by Gasteiger charge is -2.55. The Hall–Kier alpha value is -0.200. The lowest BCUT2D eigenvalue weighted by atomic mass is 9.59. The van der Waals surface area contributed by atoms with E-state index in [-0.39, 0.29) is 24.4 Å². The van der Waals surface area contributed by atoms with Crippen LogP contribution < -0.4 is 10.0 Å². The van der Waals surface area contributed by atoms with E-state index < -0.39 is 0 Å². The van der Waals surface area contributed by atoms with Crippen molar-refractivity contribution in [3.8, 4) is 0 Å². The van der Waals surface area contributed by atoms with Gasteiger partial charge in [-0.2, -0.15) is 0 Å². The molecule has 1 N–H and O–H groups in total. The van der Waals surface area contributed by atoms with Crippen molar-refractivity contribution in [1.29, 1.82) is 0 Å². The fraction of sp³-hybridized carbons (Fsp3) is 1.00. The van der Waals surface area contributed by atoms with Crippen molar-refractivity contribution in [1.82, 2.24) is 0 Å². The van der Waals surface area contributed by atoms with Crippen LogP contribution in [0.15, 0.2) is 0 Å². The van der Waals surface area contributed by atoms with Crippen molar-refractivity contribution in [2.75, 3.05) is 27.0 Å². The van der Waals surface area contributed by atoms with Crippen LogP contribution in [-0.4, -0.2) is 57.4 Å². The average Bonchev–Trinajstić information content (AvgIpc) is 3.13. The molecule has 5 heteroatoms. The molecule has 10 atom stereocenters. The van der Waals surface area contributed by atoms with Crippen LogP contribution in [0.25, 0.3) is 0 Å². The standard InChI is InChI=1S/C17H26NO4/c1-20-16-13-7-18-3-2-9-4-10(19)5-12(15(9)18)11(13)6-14-17(16)22-8-21-14/h9-17H,2-8H2,1H3/q-1/p+1. The van der Waals surface area contributed by atoms with E-state index in [0.29, 0.717) is 30.5 Å². The van der Waals surface area contributed by atoms with Gasteiger partial charge in [0.2, 0.25) is 0 Å². The first-order chi connectivity index (χ1) is 10.8. The van der Waals surface area contributed by atoms with E-state index in [9.17, 15) is 5.11 Å². The first-order valence-corrected chi connectivity index (χ1v) is 9.02. The third kappa shape index (κ3) is 1.89. The highest BCUT2D eigenvalue weighted by molar-refractivity contribution is 5.04. The number of piperidine rings is 1. The summed E-state index contributed by atoms with van der Waals surface area (Å²) in [5.74, 6) is 2.39. The Bertz CT molecular complexity index is 446. The highest BCUT2D eigenvalue weighted by atomic mass is 16.7. The van der Waals surface area contributed by atoms with Crippen molar-refractivity contribution < 1.29 is 24.2 Å². The number of nitrogens with one attached hydrogen (secondary N) is 1. The number of fused-ring (bicyclic) bond motifs is 3. The van der Waals surface area contributed by atoms with Gasteiger partial charge in [-0.05, 0) is 12.3 Å². The van der Waals surface area contributed by atoms with Crippen molar-refractivity contribution in [2.45, 2.75) is 56.1 Å². The maximum absolute atomic E-state index is 12.3. The fourth-order valence-electron chi connectivity index (χ4n) is 6.75. The molecule has 3 saturated heterocycles. The fourth-order valence-corrected chi connectivity index (χ4v) is 6.75. The molecule has 0 radical (unpaired) electrons. The number of hydrogen-bond donors (Lipinski definition) is 1. The maximum Gasteiger partial charge on any atom is 0.147 e. The van der Waals surface area contributed by atoms with Crippen molar-refractivity contribution in [3.05, 3.63) is 0 Å². The molecule has 2 aliphatic carbocycles. The summed E-state index contributed by atoms with van der Waals surface area (Å²) in [6.07, 6.45) is 4.21. The molecule has 5 rings (SSSR count).